The molecule has 2 aromatic carbocycles. The van der Waals surface area contributed by atoms with E-state index in [1.54, 1.807) is 0 Å². The van der Waals surface area contributed by atoms with Crippen molar-refractivity contribution in [2.75, 3.05) is 19.7 Å². The van der Waals surface area contributed by atoms with E-state index in [9.17, 15) is 4.79 Å². The molecule has 3 rings (SSSR count). The fraction of sp³-hybridized carbons (Fsp3) is 0.381. The lowest BCUT2D eigenvalue weighted by molar-refractivity contribution is -0.125. The molecule has 1 fully saturated rings. The third-order valence-corrected chi connectivity index (χ3v) is 4.75. The minimum atomic E-state index is -0.159. The van der Waals surface area contributed by atoms with E-state index >= 15 is 0 Å². The maximum atomic E-state index is 12.6. The van der Waals surface area contributed by atoms with Gasteiger partial charge in [0.2, 0.25) is 5.91 Å². The summed E-state index contributed by atoms with van der Waals surface area (Å²) in [7, 11) is 0. The van der Waals surface area contributed by atoms with Crippen molar-refractivity contribution >= 4 is 18.3 Å². The summed E-state index contributed by atoms with van der Waals surface area (Å²) in [6, 6.07) is 16.0. The second-order valence-corrected chi connectivity index (χ2v) is 6.69. The Morgan fingerprint density at radius 1 is 1.15 bits per heavy atom. The molecule has 26 heavy (non-hydrogen) atoms. The number of benzene rings is 2. The molecule has 0 saturated carbocycles. The van der Waals surface area contributed by atoms with Crippen LogP contribution in [0.1, 0.15) is 29.2 Å². The van der Waals surface area contributed by atoms with Gasteiger partial charge in [-0.15, -0.1) is 12.4 Å². The summed E-state index contributed by atoms with van der Waals surface area (Å²) in [6.07, 6.45) is 0.894. The van der Waals surface area contributed by atoms with E-state index in [2.05, 4.69) is 10.6 Å². The van der Waals surface area contributed by atoms with Gasteiger partial charge in [-0.25, -0.2) is 0 Å². The minimum Gasteiger partial charge on any atom is -0.491 e. The van der Waals surface area contributed by atoms with Crippen molar-refractivity contribution in [2.24, 2.45) is 5.92 Å². The van der Waals surface area contributed by atoms with Crippen LogP contribution >= 0.6 is 12.4 Å². The Morgan fingerprint density at radius 3 is 2.46 bits per heavy atom. The Bertz CT molecular complexity index is 695. The molecule has 2 aromatic rings. The summed E-state index contributed by atoms with van der Waals surface area (Å²) in [6.45, 7) is 6.17. The lowest BCUT2D eigenvalue weighted by atomic mass is 10.0. The van der Waals surface area contributed by atoms with Crippen molar-refractivity contribution in [3.63, 3.8) is 0 Å². The van der Waals surface area contributed by atoms with Gasteiger partial charge < -0.3 is 15.4 Å². The van der Waals surface area contributed by atoms with E-state index in [0.717, 1.165) is 42.0 Å². The molecule has 4 nitrogen and oxygen atoms in total. The van der Waals surface area contributed by atoms with E-state index in [1.807, 2.05) is 62.4 Å². The van der Waals surface area contributed by atoms with E-state index in [-0.39, 0.29) is 30.3 Å². The number of aryl methyl sites for hydroxylation is 2. The van der Waals surface area contributed by atoms with Crippen molar-refractivity contribution in [1.29, 1.82) is 0 Å². The third kappa shape index (κ3) is 4.99. The Labute approximate surface area is 161 Å². The number of carbonyl (C=O) groups excluding carboxylic acids is 1. The van der Waals surface area contributed by atoms with Crippen molar-refractivity contribution in [1.82, 2.24) is 10.6 Å². The lowest BCUT2D eigenvalue weighted by Crippen LogP contribution is -2.37. The van der Waals surface area contributed by atoms with E-state index in [4.69, 9.17) is 4.74 Å². The first-order valence-corrected chi connectivity index (χ1v) is 8.90. The topological polar surface area (TPSA) is 50.4 Å². The summed E-state index contributed by atoms with van der Waals surface area (Å²) in [5.74, 6) is 1.05. The van der Waals surface area contributed by atoms with Gasteiger partial charge in [0, 0.05) is 6.54 Å². The summed E-state index contributed by atoms with van der Waals surface area (Å²) in [5.41, 5.74) is 3.28. The molecule has 140 valence electrons. The Kier molecular flexibility index (Phi) is 7.49. The van der Waals surface area contributed by atoms with Gasteiger partial charge in [0.15, 0.2) is 0 Å². The lowest BCUT2D eigenvalue weighted by Gasteiger charge is -2.22. The van der Waals surface area contributed by atoms with Crippen LogP contribution in [0.4, 0.5) is 0 Å². The predicted octanol–water partition coefficient (Wildman–Crippen LogP) is 3.57. The minimum absolute atomic E-state index is 0. The zero-order valence-corrected chi connectivity index (χ0v) is 16.1. The van der Waals surface area contributed by atoms with Gasteiger partial charge in [-0.2, -0.15) is 0 Å². The number of para-hydroxylation sites is 1. The van der Waals surface area contributed by atoms with Gasteiger partial charge in [-0.3, -0.25) is 4.79 Å². The molecule has 1 aliphatic rings. The van der Waals surface area contributed by atoms with Gasteiger partial charge in [-0.1, -0.05) is 48.5 Å². The number of hydrogen-bond donors (Lipinski definition) is 2. The van der Waals surface area contributed by atoms with Gasteiger partial charge in [0.1, 0.15) is 12.4 Å². The molecule has 0 bridgehead atoms. The monoisotopic (exact) mass is 374 g/mol. The second-order valence-electron chi connectivity index (χ2n) is 6.69. The fourth-order valence-electron chi connectivity index (χ4n) is 3.27. The number of hydrogen-bond acceptors (Lipinski definition) is 3. The van der Waals surface area contributed by atoms with E-state index in [1.165, 1.54) is 0 Å². The molecular formula is C21H27ClN2O2. The van der Waals surface area contributed by atoms with Crippen LogP contribution in [-0.2, 0) is 4.79 Å². The third-order valence-electron chi connectivity index (χ3n) is 4.75. The Morgan fingerprint density at radius 2 is 1.85 bits per heavy atom. The van der Waals surface area contributed by atoms with E-state index in [0.29, 0.717) is 6.61 Å². The van der Waals surface area contributed by atoms with Crippen molar-refractivity contribution in [2.45, 2.75) is 26.3 Å². The van der Waals surface area contributed by atoms with Crippen LogP contribution in [0.3, 0.4) is 0 Å². The summed E-state index contributed by atoms with van der Waals surface area (Å²) in [5, 5.41) is 6.43. The van der Waals surface area contributed by atoms with Crippen LogP contribution in [-0.4, -0.2) is 25.6 Å². The van der Waals surface area contributed by atoms with Crippen molar-refractivity contribution < 1.29 is 9.53 Å². The van der Waals surface area contributed by atoms with Gasteiger partial charge in [-0.05, 0) is 43.5 Å². The molecule has 1 aliphatic heterocycles. The van der Waals surface area contributed by atoms with Gasteiger partial charge in [0.05, 0.1) is 12.0 Å². The smallest absolute Gasteiger partial charge is 0.225 e. The predicted molar refractivity (Wildman–Crippen MR) is 107 cm³/mol. The first kappa shape index (κ1) is 20.3. The molecule has 2 N–H and O–H groups in total. The average Bonchev–Trinajstić information content (AvgIpc) is 3.16. The molecule has 0 spiro atoms. The normalized spacial score (nSPS) is 17.2. The second kappa shape index (κ2) is 9.60. The number of ether oxygens (including phenoxy) is 1. The molecule has 0 radical (unpaired) electrons. The largest absolute Gasteiger partial charge is 0.491 e. The molecule has 1 amide bonds. The highest BCUT2D eigenvalue weighted by atomic mass is 35.5. The van der Waals surface area contributed by atoms with Crippen LogP contribution < -0.4 is 15.4 Å². The highest BCUT2D eigenvalue weighted by molar-refractivity contribution is 5.85. The number of carbonyl (C=O) groups is 1. The van der Waals surface area contributed by atoms with Gasteiger partial charge in [0.25, 0.3) is 0 Å². The molecule has 0 aliphatic carbocycles. The van der Waals surface area contributed by atoms with Crippen molar-refractivity contribution in [3.05, 3.63) is 65.2 Å². The zero-order chi connectivity index (χ0) is 17.6. The summed E-state index contributed by atoms with van der Waals surface area (Å²) < 4.78 is 6.12. The van der Waals surface area contributed by atoms with Crippen LogP contribution in [0.5, 0.6) is 5.75 Å². The van der Waals surface area contributed by atoms with Crippen molar-refractivity contribution in [3.8, 4) is 5.75 Å². The number of halogens is 1. The first-order valence-electron chi connectivity index (χ1n) is 8.90. The average molecular weight is 375 g/mol. The van der Waals surface area contributed by atoms with E-state index < -0.39 is 0 Å². The van der Waals surface area contributed by atoms with Crippen LogP contribution in [0, 0.1) is 19.8 Å². The van der Waals surface area contributed by atoms with Gasteiger partial charge >= 0.3 is 0 Å². The highest BCUT2D eigenvalue weighted by Crippen LogP contribution is 2.24. The molecule has 2 atom stereocenters. The molecule has 0 aromatic heterocycles. The Balaban J connectivity index is 0.00000243. The maximum absolute atomic E-state index is 12.6. The molecule has 2 unspecified atom stereocenters. The van der Waals surface area contributed by atoms with Crippen LogP contribution in [0.2, 0.25) is 0 Å². The fourth-order valence-corrected chi connectivity index (χ4v) is 3.27. The number of rotatable bonds is 6. The molecule has 1 heterocycles. The summed E-state index contributed by atoms with van der Waals surface area (Å²) in [4.78, 5) is 12.6. The highest BCUT2D eigenvalue weighted by Gasteiger charge is 2.25. The molecular weight excluding hydrogens is 348 g/mol. The standard InChI is InChI=1S/C21H26N2O2.ClH/c1-15-7-6-8-16(2)20(15)25-14-19(17-9-4-3-5-10-17)23-21(24)18-11-12-22-13-18;/h3-10,18-19,22H,11-14H2,1-2H3,(H,23,24);1H. The first-order chi connectivity index (χ1) is 12.1. The number of nitrogens with one attached hydrogen (secondary N) is 2. The zero-order valence-electron chi connectivity index (χ0n) is 15.3. The molecule has 5 heteroatoms. The summed E-state index contributed by atoms with van der Waals surface area (Å²) >= 11 is 0. The SMILES string of the molecule is Cc1cccc(C)c1OCC(NC(=O)C1CCNC1)c1ccccc1.Cl. The quantitative estimate of drug-likeness (QED) is 0.812. The number of amides is 1. The maximum Gasteiger partial charge on any atom is 0.225 e. The van der Waals surface area contributed by atoms with Crippen LogP contribution in [0.25, 0.3) is 0 Å². The Hall–Kier alpha value is -2.04. The molecule has 1 saturated heterocycles. The van der Waals surface area contributed by atoms with Crippen LogP contribution in [0.15, 0.2) is 48.5 Å².